The Labute approximate surface area is 221 Å². The molecule has 3 atom stereocenters. The lowest BCUT2D eigenvalue weighted by atomic mass is 9.84. The molecule has 0 spiro atoms. The molecule has 1 aliphatic heterocycles. The van der Waals surface area contributed by atoms with Crippen molar-refractivity contribution in [2.75, 3.05) is 0 Å². The molecule has 1 fully saturated rings. The third kappa shape index (κ3) is 3.80. The van der Waals surface area contributed by atoms with Crippen molar-refractivity contribution in [3.63, 3.8) is 0 Å². The number of nitriles is 1. The number of hydrogen-bond acceptors (Lipinski definition) is 6. The molecule has 0 amide bonds. The molecule has 2 aromatic heterocycles. The molecule has 0 unspecified atom stereocenters. The zero-order chi connectivity index (χ0) is 26.7. The van der Waals surface area contributed by atoms with Crippen LogP contribution in [-0.2, 0) is 5.54 Å². The Kier molecular flexibility index (Phi) is 5.47. The minimum Gasteiger partial charge on any atom is -0.378 e. The molecule has 6 rings (SSSR count). The maximum atomic E-state index is 15.3. The molecule has 0 saturated heterocycles. The number of hydrogen-bond donors (Lipinski definition) is 1. The quantitative estimate of drug-likeness (QED) is 0.358. The first-order valence-electron chi connectivity index (χ1n) is 11.9. The fourth-order valence-electron chi connectivity index (χ4n) is 5.31. The topological polar surface area (TPSA) is 97.1 Å². The highest BCUT2D eigenvalue weighted by Crippen LogP contribution is 2.66. The summed E-state index contributed by atoms with van der Waals surface area (Å²) in [6, 6.07) is 16.8. The van der Waals surface area contributed by atoms with Crippen LogP contribution in [0.15, 0.2) is 78.2 Å². The van der Waals surface area contributed by atoms with Crippen molar-refractivity contribution in [1.29, 1.82) is 5.26 Å². The van der Waals surface area contributed by atoms with Crippen LogP contribution in [0, 0.1) is 23.1 Å². The molecule has 1 aliphatic carbocycles. The first kappa shape index (κ1) is 24.1. The molecular formula is C29H21F2N5OS. The standard InChI is InChI=1S/C29H21F2N5OS/c1-28(21-10-17(6-8-22(21)30)11-23(31)24-9-7-18(13-32)14-34-24)25-12-29(25,38-27(33)35-28)26(37)36-15-19-4-2-3-5-20(19)16-36/h2-11,14-16,25H,12H2,1H3,(H2,33,35)/b23-11-/t25-,28+,29-/m0/s1. The number of pyridine rings is 1. The second kappa shape index (κ2) is 8.64. The van der Waals surface area contributed by atoms with Crippen LogP contribution in [0.2, 0.25) is 0 Å². The van der Waals surface area contributed by atoms with Crippen LogP contribution in [0.4, 0.5) is 8.78 Å². The maximum absolute atomic E-state index is 15.3. The Morgan fingerprint density at radius 3 is 2.61 bits per heavy atom. The largest absolute Gasteiger partial charge is 0.378 e. The molecule has 0 radical (unpaired) electrons. The van der Waals surface area contributed by atoms with Gasteiger partial charge in [-0.05, 0) is 60.0 Å². The van der Waals surface area contributed by atoms with Gasteiger partial charge in [0.25, 0.3) is 0 Å². The summed E-state index contributed by atoms with van der Waals surface area (Å²) < 4.78 is 30.9. The van der Waals surface area contributed by atoms with Crippen molar-refractivity contribution in [2.45, 2.75) is 23.6 Å². The maximum Gasteiger partial charge on any atom is 0.247 e. The van der Waals surface area contributed by atoms with Gasteiger partial charge in [-0.15, -0.1) is 0 Å². The van der Waals surface area contributed by atoms with Gasteiger partial charge >= 0.3 is 0 Å². The molecule has 3 heterocycles. The minimum atomic E-state index is -1.12. The summed E-state index contributed by atoms with van der Waals surface area (Å²) in [5.74, 6) is -1.56. The number of aromatic nitrogens is 2. The average molecular weight is 526 g/mol. The van der Waals surface area contributed by atoms with Gasteiger partial charge in [-0.25, -0.2) is 8.78 Å². The van der Waals surface area contributed by atoms with E-state index in [-0.39, 0.29) is 28.3 Å². The first-order chi connectivity index (χ1) is 18.2. The van der Waals surface area contributed by atoms with E-state index in [1.807, 2.05) is 30.3 Å². The summed E-state index contributed by atoms with van der Waals surface area (Å²) in [5, 5.41) is 11.0. The molecule has 2 aliphatic rings. The van der Waals surface area contributed by atoms with Crippen molar-refractivity contribution < 1.29 is 13.6 Å². The Bertz CT molecular complexity index is 1690. The van der Waals surface area contributed by atoms with Gasteiger partial charge in [-0.2, -0.15) is 5.26 Å². The third-order valence-electron chi connectivity index (χ3n) is 7.33. The highest BCUT2D eigenvalue weighted by molar-refractivity contribution is 8.15. The van der Waals surface area contributed by atoms with Crippen LogP contribution >= 0.6 is 11.8 Å². The van der Waals surface area contributed by atoms with E-state index in [4.69, 9.17) is 11.0 Å². The van der Waals surface area contributed by atoms with Crippen LogP contribution in [0.25, 0.3) is 22.7 Å². The fraction of sp³-hybridized carbons (Fsp3) is 0.172. The monoisotopic (exact) mass is 525 g/mol. The third-order valence-corrected chi connectivity index (χ3v) is 8.62. The van der Waals surface area contributed by atoms with Crippen LogP contribution < -0.4 is 5.73 Å². The summed E-state index contributed by atoms with van der Waals surface area (Å²) in [5.41, 5.74) is 6.15. The van der Waals surface area contributed by atoms with E-state index >= 15 is 4.39 Å². The van der Waals surface area contributed by atoms with Gasteiger partial charge in [-0.3, -0.25) is 19.3 Å². The van der Waals surface area contributed by atoms with Gasteiger partial charge in [0.1, 0.15) is 22.5 Å². The molecule has 0 bridgehead atoms. The summed E-state index contributed by atoms with van der Waals surface area (Å²) in [6.45, 7) is 1.77. The number of benzene rings is 2. The first-order valence-corrected chi connectivity index (χ1v) is 12.7. The normalized spacial score (nSPS) is 24.4. The van der Waals surface area contributed by atoms with Crippen molar-refractivity contribution in [2.24, 2.45) is 16.6 Å². The van der Waals surface area contributed by atoms with E-state index in [2.05, 4.69) is 9.98 Å². The van der Waals surface area contributed by atoms with E-state index in [1.54, 1.807) is 30.0 Å². The van der Waals surface area contributed by atoms with Crippen molar-refractivity contribution in [1.82, 2.24) is 9.55 Å². The lowest BCUT2D eigenvalue weighted by Gasteiger charge is -2.33. The second-order valence-corrected chi connectivity index (χ2v) is 11.1. The Morgan fingerprint density at radius 1 is 1.21 bits per heavy atom. The number of carbonyl (C=O) groups excluding carboxylic acids is 1. The molecule has 1 saturated carbocycles. The van der Waals surface area contributed by atoms with E-state index in [9.17, 15) is 9.18 Å². The zero-order valence-corrected chi connectivity index (χ0v) is 21.0. The molecule has 6 nitrogen and oxygen atoms in total. The molecular weight excluding hydrogens is 504 g/mol. The van der Waals surface area contributed by atoms with E-state index < -0.39 is 21.9 Å². The number of amidine groups is 1. The van der Waals surface area contributed by atoms with E-state index in [1.165, 1.54) is 48.3 Å². The lowest BCUT2D eigenvalue weighted by Crippen LogP contribution is -2.41. The van der Waals surface area contributed by atoms with Gasteiger partial charge in [0, 0.05) is 30.1 Å². The Balaban J connectivity index is 1.35. The molecule has 4 aromatic rings. The van der Waals surface area contributed by atoms with E-state index in [0.29, 0.717) is 17.5 Å². The zero-order valence-electron chi connectivity index (χ0n) is 20.2. The molecule has 9 heteroatoms. The van der Waals surface area contributed by atoms with Gasteiger partial charge in [0.2, 0.25) is 5.91 Å². The lowest BCUT2D eigenvalue weighted by molar-refractivity contribution is 0.0889. The number of rotatable bonds is 4. The van der Waals surface area contributed by atoms with Gasteiger partial charge < -0.3 is 5.73 Å². The van der Waals surface area contributed by atoms with E-state index in [0.717, 1.165) is 10.8 Å². The van der Waals surface area contributed by atoms with Crippen molar-refractivity contribution in [3.8, 4) is 6.07 Å². The van der Waals surface area contributed by atoms with Crippen LogP contribution in [0.1, 0.15) is 40.5 Å². The van der Waals surface area contributed by atoms with Crippen LogP contribution in [0.5, 0.6) is 0 Å². The summed E-state index contributed by atoms with van der Waals surface area (Å²) in [4.78, 5) is 22.3. The van der Waals surface area contributed by atoms with Crippen molar-refractivity contribution >= 4 is 45.5 Å². The number of nitrogens with two attached hydrogens (primary N) is 1. The van der Waals surface area contributed by atoms with Gasteiger partial charge in [0.05, 0.1) is 16.8 Å². The van der Waals surface area contributed by atoms with Crippen LogP contribution in [-0.4, -0.2) is 25.4 Å². The van der Waals surface area contributed by atoms with Crippen LogP contribution in [0.3, 0.4) is 0 Å². The highest BCUT2D eigenvalue weighted by Gasteiger charge is 2.71. The van der Waals surface area contributed by atoms with Gasteiger partial charge in [-0.1, -0.05) is 42.1 Å². The number of carbonyl (C=O) groups is 1. The number of thioether (sulfide) groups is 1. The summed E-state index contributed by atoms with van der Waals surface area (Å²) in [7, 11) is 0. The average Bonchev–Trinajstić information content (AvgIpc) is 3.51. The number of nitrogens with zero attached hydrogens (tertiary/aromatic N) is 4. The molecule has 188 valence electrons. The second-order valence-electron chi connectivity index (χ2n) is 9.72. The number of fused-ring (bicyclic) bond motifs is 2. The Morgan fingerprint density at radius 2 is 1.95 bits per heavy atom. The summed E-state index contributed by atoms with van der Waals surface area (Å²) >= 11 is 1.23. The van der Waals surface area contributed by atoms with Gasteiger partial charge in [0.15, 0.2) is 5.17 Å². The minimum absolute atomic E-state index is 0.0586. The predicted molar refractivity (Wildman–Crippen MR) is 144 cm³/mol. The fourth-order valence-corrected chi connectivity index (χ4v) is 6.74. The molecule has 2 N–H and O–H groups in total. The SMILES string of the molecule is C[C@]1(c2cc(/C=C(\F)c3ccc(C#N)cn3)ccc2F)N=C(N)S[C@@]2(C(=O)n3cc4ccccc4c3)C[C@H]21. The summed E-state index contributed by atoms with van der Waals surface area (Å²) in [6.07, 6.45) is 6.62. The Hall–Kier alpha value is -4.29. The molecule has 38 heavy (non-hydrogen) atoms. The predicted octanol–water partition coefficient (Wildman–Crippen LogP) is 5.89. The number of halogens is 2. The number of aliphatic imine (C=N–C) groups is 1. The van der Waals surface area contributed by atoms with Crippen molar-refractivity contribution in [3.05, 3.63) is 101 Å². The smallest absolute Gasteiger partial charge is 0.247 e. The highest BCUT2D eigenvalue weighted by atomic mass is 32.2. The molecule has 2 aromatic carbocycles.